The van der Waals surface area contributed by atoms with E-state index < -0.39 is 15.3 Å². The van der Waals surface area contributed by atoms with Crippen molar-refractivity contribution in [3.05, 3.63) is 101 Å². The van der Waals surface area contributed by atoms with Gasteiger partial charge in [-0.1, -0.05) is 66.2 Å². The van der Waals surface area contributed by atoms with Crippen molar-refractivity contribution < 1.29 is 8.42 Å². The second-order valence-electron chi connectivity index (χ2n) is 7.86. The summed E-state index contributed by atoms with van der Waals surface area (Å²) in [6.07, 6.45) is 3.20. The average molecular weight is 439 g/mol. The standard InChI is InChI=1S/C24H23ClN2O2S/c1-24(20-10-12-21(25)13-11-20)17-26-27(16-18-6-4-3-5-7-18)23(24)19-8-14-22(15-9-19)30(2,28)29/h3-15,17,23H,16H2,1-2H3. The lowest BCUT2D eigenvalue weighted by Crippen LogP contribution is -2.35. The van der Waals surface area contributed by atoms with Crippen LogP contribution < -0.4 is 0 Å². The van der Waals surface area contributed by atoms with Gasteiger partial charge in [0.25, 0.3) is 0 Å². The van der Waals surface area contributed by atoms with Gasteiger partial charge in [0.1, 0.15) is 0 Å². The van der Waals surface area contributed by atoms with Crippen LogP contribution in [0.5, 0.6) is 0 Å². The van der Waals surface area contributed by atoms with Crippen molar-refractivity contribution in [1.82, 2.24) is 5.01 Å². The maximum atomic E-state index is 11.9. The van der Waals surface area contributed by atoms with E-state index in [1.165, 1.54) is 6.26 Å². The third-order valence-corrected chi connectivity index (χ3v) is 7.00. The fourth-order valence-electron chi connectivity index (χ4n) is 4.00. The molecule has 0 fully saturated rings. The summed E-state index contributed by atoms with van der Waals surface area (Å²) in [7, 11) is -3.25. The van der Waals surface area contributed by atoms with Gasteiger partial charge in [-0.3, -0.25) is 5.01 Å². The van der Waals surface area contributed by atoms with E-state index in [0.29, 0.717) is 16.5 Å². The fraction of sp³-hybridized carbons (Fsp3) is 0.208. The van der Waals surface area contributed by atoms with E-state index in [1.807, 2.05) is 60.8 Å². The van der Waals surface area contributed by atoms with Crippen molar-refractivity contribution in [3.63, 3.8) is 0 Å². The van der Waals surface area contributed by atoms with E-state index in [2.05, 4.69) is 24.1 Å². The van der Waals surface area contributed by atoms with Crippen LogP contribution in [-0.2, 0) is 21.8 Å². The van der Waals surface area contributed by atoms with E-state index in [-0.39, 0.29) is 6.04 Å². The van der Waals surface area contributed by atoms with Crippen molar-refractivity contribution in [2.75, 3.05) is 6.26 Å². The van der Waals surface area contributed by atoms with E-state index in [9.17, 15) is 8.42 Å². The zero-order valence-electron chi connectivity index (χ0n) is 16.9. The zero-order valence-corrected chi connectivity index (χ0v) is 18.4. The van der Waals surface area contributed by atoms with Gasteiger partial charge >= 0.3 is 0 Å². The molecule has 30 heavy (non-hydrogen) atoms. The van der Waals surface area contributed by atoms with Crippen molar-refractivity contribution >= 4 is 27.7 Å². The van der Waals surface area contributed by atoms with Crippen LogP contribution in [0.1, 0.15) is 29.7 Å². The van der Waals surface area contributed by atoms with Crippen LogP contribution in [0.25, 0.3) is 0 Å². The van der Waals surface area contributed by atoms with Crippen LogP contribution in [0, 0.1) is 0 Å². The van der Waals surface area contributed by atoms with Crippen molar-refractivity contribution in [1.29, 1.82) is 0 Å². The fourth-order valence-corrected chi connectivity index (χ4v) is 4.76. The Kier molecular flexibility index (Phi) is 5.43. The van der Waals surface area contributed by atoms with E-state index in [4.69, 9.17) is 16.7 Å². The molecule has 3 aromatic carbocycles. The molecule has 1 aliphatic heterocycles. The molecule has 0 bridgehead atoms. The van der Waals surface area contributed by atoms with Crippen LogP contribution >= 0.6 is 11.6 Å². The topological polar surface area (TPSA) is 49.7 Å². The first-order valence-corrected chi connectivity index (χ1v) is 12.0. The molecule has 3 aromatic rings. The number of nitrogens with zero attached hydrogens (tertiary/aromatic N) is 2. The minimum Gasteiger partial charge on any atom is -0.284 e. The highest BCUT2D eigenvalue weighted by Crippen LogP contribution is 2.45. The molecule has 0 saturated carbocycles. The molecule has 0 spiro atoms. The first-order chi connectivity index (χ1) is 14.3. The monoisotopic (exact) mass is 438 g/mol. The molecule has 1 aliphatic rings. The lowest BCUT2D eigenvalue weighted by molar-refractivity contribution is 0.183. The molecule has 2 atom stereocenters. The molecule has 0 saturated heterocycles. The Morgan fingerprint density at radius 3 is 2.20 bits per heavy atom. The van der Waals surface area contributed by atoms with Gasteiger partial charge in [-0.25, -0.2) is 8.42 Å². The third-order valence-electron chi connectivity index (χ3n) is 5.62. The lowest BCUT2D eigenvalue weighted by atomic mass is 9.74. The Balaban J connectivity index is 1.77. The first-order valence-electron chi connectivity index (χ1n) is 9.69. The maximum absolute atomic E-state index is 11.9. The van der Waals surface area contributed by atoms with Gasteiger partial charge < -0.3 is 0 Å². The zero-order chi connectivity index (χ0) is 21.4. The second kappa shape index (κ2) is 7.89. The normalized spacial score (nSPS) is 21.2. The van der Waals surface area contributed by atoms with E-state index >= 15 is 0 Å². The number of benzene rings is 3. The number of halogens is 1. The summed E-state index contributed by atoms with van der Waals surface area (Å²) in [5, 5.41) is 7.53. The van der Waals surface area contributed by atoms with Crippen molar-refractivity contribution in [2.24, 2.45) is 5.10 Å². The molecule has 154 valence electrons. The number of rotatable bonds is 5. The molecule has 6 heteroatoms. The van der Waals surface area contributed by atoms with Gasteiger partial charge in [0.05, 0.1) is 22.9 Å². The van der Waals surface area contributed by atoms with Crippen LogP contribution in [0.3, 0.4) is 0 Å². The molecular formula is C24H23ClN2O2S. The van der Waals surface area contributed by atoms with Gasteiger partial charge in [0, 0.05) is 17.5 Å². The molecule has 0 aromatic heterocycles. The van der Waals surface area contributed by atoms with Gasteiger partial charge in [0.15, 0.2) is 9.84 Å². The first kappa shape index (κ1) is 20.6. The SMILES string of the molecule is CC1(c2ccc(Cl)cc2)C=NN(Cc2ccccc2)C1c1ccc(S(C)(=O)=O)cc1. The lowest BCUT2D eigenvalue weighted by Gasteiger charge is -2.35. The summed E-state index contributed by atoms with van der Waals surface area (Å²) in [4.78, 5) is 0.313. The minimum absolute atomic E-state index is 0.0903. The molecule has 1 heterocycles. The molecule has 0 radical (unpaired) electrons. The van der Waals surface area contributed by atoms with Crippen LogP contribution in [-0.4, -0.2) is 25.9 Å². The highest BCUT2D eigenvalue weighted by Gasteiger charge is 2.43. The Morgan fingerprint density at radius 2 is 1.60 bits per heavy atom. The van der Waals surface area contributed by atoms with Gasteiger partial charge in [-0.15, -0.1) is 0 Å². The van der Waals surface area contributed by atoms with E-state index in [1.54, 1.807) is 12.1 Å². The van der Waals surface area contributed by atoms with Crippen LogP contribution in [0.4, 0.5) is 0 Å². The number of hydrogen-bond donors (Lipinski definition) is 0. The van der Waals surface area contributed by atoms with Gasteiger partial charge in [-0.2, -0.15) is 5.10 Å². The van der Waals surface area contributed by atoms with Crippen molar-refractivity contribution in [3.8, 4) is 0 Å². The van der Waals surface area contributed by atoms with Crippen LogP contribution in [0.2, 0.25) is 5.02 Å². The molecule has 4 nitrogen and oxygen atoms in total. The van der Waals surface area contributed by atoms with Gasteiger partial charge in [0.2, 0.25) is 0 Å². The number of hydrazone groups is 1. The van der Waals surface area contributed by atoms with Crippen molar-refractivity contribution in [2.45, 2.75) is 29.8 Å². The second-order valence-corrected chi connectivity index (χ2v) is 10.3. The predicted molar refractivity (Wildman–Crippen MR) is 122 cm³/mol. The summed E-state index contributed by atoms with van der Waals surface area (Å²) in [6.45, 7) is 2.80. The maximum Gasteiger partial charge on any atom is 0.175 e. The number of sulfone groups is 1. The quantitative estimate of drug-likeness (QED) is 0.547. The van der Waals surface area contributed by atoms with Crippen LogP contribution in [0.15, 0.2) is 88.9 Å². The summed E-state index contributed by atoms with van der Waals surface area (Å²) in [5.41, 5.74) is 2.87. The third kappa shape index (κ3) is 4.00. The molecular weight excluding hydrogens is 416 g/mol. The average Bonchev–Trinajstić information content (AvgIpc) is 3.06. The Morgan fingerprint density at radius 1 is 0.967 bits per heavy atom. The highest BCUT2D eigenvalue weighted by molar-refractivity contribution is 7.90. The molecule has 4 rings (SSSR count). The summed E-state index contributed by atoms with van der Waals surface area (Å²) in [5.74, 6) is 0. The Bertz CT molecular complexity index is 1160. The Hall–Kier alpha value is -2.63. The minimum atomic E-state index is -3.25. The largest absolute Gasteiger partial charge is 0.284 e. The number of hydrogen-bond acceptors (Lipinski definition) is 4. The smallest absolute Gasteiger partial charge is 0.175 e. The summed E-state index contributed by atoms with van der Waals surface area (Å²) >= 11 is 6.11. The summed E-state index contributed by atoms with van der Waals surface area (Å²) < 4.78 is 23.8. The summed E-state index contributed by atoms with van der Waals surface area (Å²) in [6, 6.07) is 25.1. The van der Waals surface area contributed by atoms with E-state index in [0.717, 1.165) is 16.7 Å². The van der Waals surface area contributed by atoms with Gasteiger partial charge in [-0.05, 0) is 47.9 Å². The molecule has 2 unspecified atom stereocenters. The molecule has 0 aliphatic carbocycles. The molecule has 0 N–H and O–H groups in total. The molecule has 0 amide bonds. The Labute approximate surface area is 182 Å². The predicted octanol–water partition coefficient (Wildman–Crippen LogP) is 5.24. The highest BCUT2D eigenvalue weighted by atomic mass is 35.5.